The number of ether oxygens (including phenoxy) is 1. The summed E-state index contributed by atoms with van der Waals surface area (Å²) in [5, 5.41) is 39.4. The van der Waals surface area contributed by atoms with Crippen LogP contribution in [-0.4, -0.2) is 63.6 Å². The molecule has 0 aromatic carbocycles. The number of carbonyl (C=O) groups is 1. The molecule has 7 heteroatoms. The third kappa shape index (κ3) is 2.64. The molecule has 1 rings (SSSR count). The van der Waals surface area contributed by atoms with Crippen LogP contribution in [0.3, 0.4) is 0 Å². The average Bonchev–Trinajstić information content (AvgIpc) is 2.28. The van der Waals surface area contributed by atoms with Crippen molar-refractivity contribution in [2.45, 2.75) is 37.5 Å². The highest BCUT2D eigenvalue weighted by Gasteiger charge is 2.43. The summed E-state index contributed by atoms with van der Waals surface area (Å²) in [4.78, 5) is 10.9. The fourth-order valence-corrected chi connectivity index (χ4v) is 1.44. The molecule has 1 unspecified atom stereocenters. The first-order valence-corrected chi connectivity index (χ1v) is 4.40. The minimum absolute atomic E-state index is 0.560. The maximum Gasteiger partial charge on any atom is 0.217 e. The summed E-state index contributed by atoms with van der Waals surface area (Å²) >= 11 is 0. The molecule has 1 heterocycles. The van der Waals surface area contributed by atoms with E-state index in [1.807, 2.05) is 0 Å². The van der Waals surface area contributed by atoms with Crippen LogP contribution in [0.1, 0.15) is 8.27 Å². The summed E-state index contributed by atoms with van der Waals surface area (Å²) < 4.78 is 11.6. The van der Waals surface area contributed by atoms with E-state index in [1.54, 1.807) is 0 Å². The van der Waals surface area contributed by atoms with Crippen molar-refractivity contribution in [2.75, 3.05) is 6.61 Å². The Hall–Kier alpha value is -0.730. The number of aliphatic hydroxyl groups excluding tert-OH is 4. The van der Waals surface area contributed by atoms with Crippen LogP contribution in [0, 0.1) is 0 Å². The number of amides is 1. The average molecular weight is 222 g/mol. The van der Waals surface area contributed by atoms with Gasteiger partial charge in [0.2, 0.25) is 5.91 Å². The van der Waals surface area contributed by atoms with E-state index in [4.69, 9.17) is 11.2 Å². The molecule has 1 aliphatic rings. The second-order valence-corrected chi connectivity index (χ2v) is 3.32. The van der Waals surface area contributed by atoms with Crippen molar-refractivity contribution < 1.29 is 31.3 Å². The first-order valence-electron chi connectivity index (χ1n) is 5.11. The van der Waals surface area contributed by atoms with E-state index in [0.29, 0.717) is 0 Å². The number of nitrogens with one attached hydrogen (secondary N) is 1. The molecule has 15 heavy (non-hydrogen) atoms. The van der Waals surface area contributed by atoms with E-state index < -0.39 is 50.1 Å². The van der Waals surface area contributed by atoms with Gasteiger partial charge in [-0.2, -0.15) is 0 Å². The molecule has 1 amide bonds. The molecule has 0 radical (unpaired) electrons. The molecule has 0 aliphatic carbocycles. The molecule has 0 saturated carbocycles. The van der Waals surface area contributed by atoms with Crippen LogP contribution in [0.15, 0.2) is 0 Å². The fraction of sp³-hybridized carbons (Fsp3) is 0.875. The molecular weight excluding hydrogens is 206 g/mol. The molecule has 0 aromatic heterocycles. The van der Waals surface area contributed by atoms with E-state index in [1.165, 1.54) is 0 Å². The van der Waals surface area contributed by atoms with Crippen LogP contribution in [0.2, 0.25) is 0 Å². The van der Waals surface area contributed by atoms with Gasteiger partial charge < -0.3 is 30.5 Å². The zero-order valence-corrected chi connectivity index (χ0v) is 7.91. The number of rotatable bonds is 2. The zero-order valence-electron chi connectivity index (χ0n) is 8.91. The fourth-order valence-electron chi connectivity index (χ4n) is 1.44. The molecule has 7 nitrogen and oxygen atoms in total. The molecule has 0 spiro atoms. The Kier molecular flexibility index (Phi) is 3.49. The zero-order chi connectivity index (χ0) is 12.3. The highest BCUT2D eigenvalue weighted by atomic mass is 16.6. The molecule has 88 valence electrons. The van der Waals surface area contributed by atoms with Crippen molar-refractivity contribution in [3.63, 3.8) is 0 Å². The quantitative estimate of drug-likeness (QED) is 0.338. The maximum absolute atomic E-state index is 10.9. The Balaban J connectivity index is 2.67. The SMILES string of the molecule is [2H]CC(=O)N[C@@H]1C(O)O[C@H](CO)[C@@H](O)[C@@H]1O. The predicted molar refractivity (Wildman–Crippen MR) is 47.6 cm³/mol. The van der Waals surface area contributed by atoms with Gasteiger partial charge in [-0.1, -0.05) is 0 Å². The van der Waals surface area contributed by atoms with E-state index >= 15 is 0 Å². The molecule has 1 aliphatic heterocycles. The summed E-state index contributed by atoms with van der Waals surface area (Å²) in [6.07, 6.45) is -5.51. The molecule has 5 atom stereocenters. The third-order valence-electron chi connectivity index (χ3n) is 2.23. The van der Waals surface area contributed by atoms with Gasteiger partial charge in [0, 0.05) is 8.27 Å². The first kappa shape index (κ1) is 10.8. The van der Waals surface area contributed by atoms with Crippen molar-refractivity contribution in [2.24, 2.45) is 0 Å². The third-order valence-corrected chi connectivity index (χ3v) is 2.23. The Bertz CT molecular complexity index is 253. The summed E-state index contributed by atoms with van der Waals surface area (Å²) in [7, 11) is 0. The summed E-state index contributed by atoms with van der Waals surface area (Å²) in [6.45, 7) is -1.12. The van der Waals surface area contributed by atoms with Crippen molar-refractivity contribution in [3.05, 3.63) is 0 Å². The summed E-state index contributed by atoms with van der Waals surface area (Å²) in [5.41, 5.74) is 0. The van der Waals surface area contributed by atoms with Gasteiger partial charge in [0.25, 0.3) is 0 Å². The normalized spacial score (nSPS) is 42.1. The number of aliphatic hydroxyl groups is 4. The number of carbonyl (C=O) groups excluding carboxylic acids is 1. The van der Waals surface area contributed by atoms with Gasteiger partial charge in [-0.25, -0.2) is 0 Å². The Morgan fingerprint density at radius 2 is 2.13 bits per heavy atom. The molecular formula is C8H15NO6. The smallest absolute Gasteiger partial charge is 0.217 e. The minimum atomic E-state index is -1.54. The maximum atomic E-state index is 10.9. The highest BCUT2D eigenvalue weighted by molar-refractivity contribution is 5.73. The molecule has 0 aromatic rings. The minimum Gasteiger partial charge on any atom is -0.394 e. The monoisotopic (exact) mass is 222 g/mol. The van der Waals surface area contributed by atoms with Gasteiger partial charge in [-0.15, -0.1) is 0 Å². The first-order chi connectivity index (χ1) is 7.51. The number of hydrogen-bond acceptors (Lipinski definition) is 6. The lowest BCUT2D eigenvalue weighted by Crippen LogP contribution is -2.63. The van der Waals surface area contributed by atoms with Gasteiger partial charge in [-0.3, -0.25) is 4.79 Å². The summed E-state index contributed by atoms with van der Waals surface area (Å²) in [5.74, 6) is -0.707. The molecule has 0 bridgehead atoms. The topological polar surface area (TPSA) is 119 Å². The molecule has 1 saturated heterocycles. The van der Waals surface area contributed by atoms with Crippen molar-refractivity contribution in [1.29, 1.82) is 0 Å². The molecule has 5 N–H and O–H groups in total. The number of hydrogen-bond donors (Lipinski definition) is 5. The highest BCUT2D eigenvalue weighted by Crippen LogP contribution is 2.19. The lowest BCUT2D eigenvalue weighted by molar-refractivity contribution is -0.253. The van der Waals surface area contributed by atoms with Crippen LogP contribution in [0.4, 0.5) is 0 Å². The van der Waals surface area contributed by atoms with Gasteiger partial charge in [-0.05, 0) is 0 Å². The van der Waals surface area contributed by atoms with Crippen LogP contribution >= 0.6 is 0 Å². The van der Waals surface area contributed by atoms with Crippen molar-refractivity contribution in [1.82, 2.24) is 5.32 Å². The van der Waals surface area contributed by atoms with Crippen molar-refractivity contribution in [3.8, 4) is 0 Å². The second kappa shape index (κ2) is 4.86. The van der Waals surface area contributed by atoms with E-state index in [9.17, 15) is 20.1 Å². The van der Waals surface area contributed by atoms with Gasteiger partial charge in [0.1, 0.15) is 24.4 Å². The van der Waals surface area contributed by atoms with Crippen molar-refractivity contribution >= 4 is 5.91 Å². The van der Waals surface area contributed by atoms with Gasteiger partial charge in [0.15, 0.2) is 6.29 Å². The molecule has 1 fully saturated rings. The van der Waals surface area contributed by atoms with Crippen LogP contribution in [0.25, 0.3) is 0 Å². The Morgan fingerprint density at radius 3 is 2.67 bits per heavy atom. The van der Waals surface area contributed by atoms with E-state index in [2.05, 4.69) is 5.32 Å². The van der Waals surface area contributed by atoms with E-state index in [-0.39, 0.29) is 0 Å². The van der Waals surface area contributed by atoms with Crippen LogP contribution < -0.4 is 5.32 Å². The standard InChI is InChI=1S/C8H15NO6/c1-3(11)9-5-7(13)6(12)4(2-10)15-8(5)14/h4-8,10,12-14H,2H2,1H3,(H,9,11)/t4-,5+,6-,7-,8?/m1/s1/i1D. The van der Waals surface area contributed by atoms with Crippen LogP contribution in [0.5, 0.6) is 0 Å². The Labute approximate surface area is 87.7 Å². The Morgan fingerprint density at radius 1 is 1.47 bits per heavy atom. The van der Waals surface area contributed by atoms with Gasteiger partial charge in [0.05, 0.1) is 6.61 Å². The lowest BCUT2D eigenvalue weighted by Gasteiger charge is -2.40. The predicted octanol–water partition coefficient (Wildman–Crippen LogP) is -3.08. The van der Waals surface area contributed by atoms with Gasteiger partial charge >= 0.3 is 0 Å². The van der Waals surface area contributed by atoms with Crippen LogP contribution in [-0.2, 0) is 9.53 Å². The largest absolute Gasteiger partial charge is 0.394 e. The van der Waals surface area contributed by atoms with E-state index in [0.717, 1.165) is 0 Å². The lowest BCUT2D eigenvalue weighted by atomic mass is 9.97. The summed E-state index contributed by atoms with van der Waals surface area (Å²) in [6, 6.07) is -1.21. The second-order valence-electron chi connectivity index (χ2n) is 3.32.